The van der Waals surface area contributed by atoms with Crippen LogP contribution >= 0.6 is 11.6 Å². The van der Waals surface area contributed by atoms with Crippen LogP contribution in [0, 0.1) is 0 Å². The Hall–Kier alpha value is -2.75. The fourth-order valence-corrected chi connectivity index (χ4v) is 3.95. The third kappa shape index (κ3) is 6.63. The SMILES string of the molecule is CCC(CC)O[C@@H]1C=C(C(=O)O)C[C@H](NCc2noc(-c3ccc(Cl)cc3)n2)[C@H]1NC(C)=O. The van der Waals surface area contributed by atoms with E-state index in [4.69, 9.17) is 20.9 Å². The van der Waals surface area contributed by atoms with Crippen molar-refractivity contribution in [2.24, 2.45) is 0 Å². The number of ether oxygens (including phenoxy) is 1. The number of aliphatic carboxylic acids is 1. The molecular weight excluding hydrogens is 448 g/mol. The summed E-state index contributed by atoms with van der Waals surface area (Å²) in [6, 6.07) is 6.18. The monoisotopic (exact) mass is 476 g/mol. The van der Waals surface area contributed by atoms with Gasteiger partial charge in [0.25, 0.3) is 5.89 Å². The second kappa shape index (κ2) is 11.4. The van der Waals surface area contributed by atoms with Crippen LogP contribution in [0.25, 0.3) is 11.5 Å². The lowest BCUT2D eigenvalue weighted by atomic mass is 9.87. The molecule has 1 heterocycles. The van der Waals surface area contributed by atoms with E-state index < -0.39 is 24.2 Å². The molecule has 3 N–H and O–H groups in total. The smallest absolute Gasteiger partial charge is 0.331 e. The van der Waals surface area contributed by atoms with Crippen LogP contribution in [-0.4, -0.2) is 51.4 Å². The molecule has 9 nitrogen and oxygen atoms in total. The maximum absolute atomic E-state index is 11.9. The van der Waals surface area contributed by atoms with Crippen LogP contribution in [0.3, 0.4) is 0 Å². The van der Waals surface area contributed by atoms with E-state index in [-0.39, 0.29) is 30.5 Å². The van der Waals surface area contributed by atoms with Crippen LogP contribution in [-0.2, 0) is 20.9 Å². The highest BCUT2D eigenvalue weighted by molar-refractivity contribution is 6.30. The van der Waals surface area contributed by atoms with E-state index in [1.54, 1.807) is 30.3 Å². The van der Waals surface area contributed by atoms with Gasteiger partial charge in [-0.15, -0.1) is 0 Å². The number of amides is 1. The first-order valence-electron chi connectivity index (χ1n) is 11.0. The Morgan fingerprint density at radius 3 is 2.58 bits per heavy atom. The van der Waals surface area contributed by atoms with Gasteiger partial charge in [-0.3, -0.25) is 4.79 Å². The molecule has 1 aromatic carbocycles. The van der Waals surface area contributed by atoms with E-state index >= 15 is 0 Å². The number of hydrogen-bond acceptors (Lipinski definition) is 7. The number of halogens is 1. The van der Waals surface area contributed by atoms with Crippen molar-refractivity contribution in [2.45, 2.75) is 70.9 Å². The fraction of sp³-hybridized carbons (Fsp3) is 0.478. The van der Waals surface area contributed by atoms with E-state index in [0.717, 1.165) is 18.4 Å². The second-order valence-corrected chi connectivity index (χ2v) is 8.41. The number of carboxylic acid groups (broad SMARTS) is 1. The molecule has 33 heavy (non-hydrogen) atoms. The molecule has 10 heteroatoms. The predicted octanol–water partition coefficient (Wildman–Crippen LogP) is 3.34. The van der Waals surface area contributed by atoms with Gasteiger partial charge in [-0.1, -0.05) is 30.6 Å². The zero-order chi connectivity index (χ0) is 24.0. The molecule has 0 radical (unpaired) electrons. The third-order valence-corrected chi connectivity index (χ3v) is 5.83. The molecular formula is C23H29ClN4O5. The Balaban J connectivity index is 1.77. The molecule has 3 atom stereocenters. The minimum Gasteiger partial charge on any atom is -0.478 e. The van der Waals surface area contributed by atoms with Gasteiger partial charge in [-0.2, -0.15) is 4.98 Å². The largest absolute Gasteiger partial charge is 0.478 e. The van der Waals surface area contributed by atoms with Gasteiger partial charge in [0, 0.05) is 29.1 Å². The average Bonchev–Trinajstić information content (AvgIpc) is 3.26. The summed E-state index contributed by atoms with van der Waals surface area (Å²) in [5.41, 5.74) is 0.974. The lowest BCUT2D eigenvalue weighted by Crippen LogP contribution is -2.58. The second-order valence-electron chi connectivity index (χ2n) is 7.98. The maximum atomic E-state index is 11.9. The number of nitrogens with one attached hydrogen (secondary N) is 2. The molecule has 1 amide bonds. The van der Waals surface area contributed by atoms with Gasteiger partial charge < -0.3 is 25.0 Å². The summed E-state index contributed by atoms with van der Waals surface area (Å²) in [5.74, 6) is -0.468. The maximum Gasteiger partial charge on any atom is 0.331 e. The average molecular weight is 477 g/mol. The van der Waals surface area contributed by atoms with Gasteiger partial charge in [0.2, 0.25) is 5.91 Å². The number of benzene rings is 1. The first-order valence-corrected chi connectivity index (χ1v) is 11.4. The third-order valence-electron chi connectivity index (χ3n) is 5.58. The van der Waals surface area contributed by atoms with Crippen molar-refractivity contribution in [3.8, 4) is 11.5 Å². The number of carbonyl (C=O) groups is 2. The summed E-state index contributed by atoms with van der Waals surface area (Å²) in [6.45, 7) is 5.68. The first-order chi connectivity index (χ1) is 15.8. The number of carbonyl (C=O) groups excluding carboxylic acids is 1. The molecule has 1 aromatic heterocycles. The summed E-state index contributed by atoms with van der Waals surface area (Å²) in [4.78, 5) is 28.1. The van der Waals surface area contributed by atoms with E-state index in [9.17, 15) is 14.7 Å². The lowest BCUT2D eigenvalue weighted by molar-refractivity contribution is -0.133. The van der Waals surface area contributed by atoms with Crippen molar-refractivity contribution in [3.05, 3.63) is 46.8 Å². The number of carboxylic acids is 1. The van der Waals surface area contributed by atoms with Gasteiger partial charge in [0.15, 0.2) is 5.82 Å². The first kappa shape index (κ1) is 24.9. The van der Waals surface area contributed by atoms with Gasteiger partial charge in [0.1, 0.15) is 0 Å². The minimum atomic E-state index is -1.01. The molecule has 0 unspecified atom stereocenters. The summed E-state index contributed by atoms with van der Waals surface area (Å²) < 4.78 is 11.5. The summed E-state index contributed by atoms with van der Waals surface area (Å²) in [7, 11) is 0. The highest BCUT2D eigenvalue weighted by Crippen LogP contribution is 2.25. The lowest BCUT2D eigenvalue weighted by Gasteiger charge is -2.38. The Morgan fingerprint density at radius 1 is 1.27 bits per heavy atom. The van der Waals surface area contributed by atoms with Crippen molar-refractivity contribution in [1.29, 1.82) is 0 Å². The van der Waals surface area contributed by atoms with Crippen LogP contribution in [0.2, 0.25) is 5.02 Å². The molecule has 0 saturated carbocycles. The van der Waals surface area contributed by atoms with E-state index in [1.807, 2.05) is 13.8 Å². The van der Waals surface area contributed by atoms with Crippen molar-refractivity contribution in [3.63, 3.8) is 0 Å². The topological polar surface area (TPSA) is 127 Å². The van der Waals surface area contributed by atoms with Crippen molar-refractivity contribution >= 4 is 23.5 Å². The normalized spacial score (nSPS) is 20.5. The summed E-state index contributed by atoms with van der Waals surface area (Å²) in [5, 5.41) is 20.5. The van der Waals surface area contributed by atoms with E-state index in [2.05, 4.69) is 20.8 Å². The fourth-order valence-electron chi connectivity index (χ4n) is 3.82. The molecule has 1 aliphatic carbocycles. The molecule has 0 aliphatic heterocycles. The summed E-state index contributed by atoms with van der Waals surface area (Å²) >= 11 is 5.92. The number of hydrogen-bond donors (Lipinski definition) is 3. The van der Waals surface area contributed by atoms with Crippen molar-refractivity contribution in [2.75, 3.05) is 0 Å². The standard InChI is InChI=1S/C23H29ClN4O5/c1-4-17(5-2)32-19-11-15(23(30)31)10-18(21(19)26-13(3)29)25-12-20-27-22(33-28-20)14-6-8-16(24)9-7-14/h6-9,11,17-19,21,25H,4-5,10,12H2,1-3H3,(H,26,29)(H,30,31)/t18-,19+,21+/m0/s1. The number of aromatic nitrogens is 2. The highest BCUT2D eigenvalue weighted by atomic mass is 35.5. The molecule has 0 spiro atoms. The Labute approximate surface area is 197 Å². The Morgan fingerprint density at radius 2 is 1.97 bits per heavy atom. The van der Waals surface area contributed by atoms with Crippen LogP contribution in [0.5, 0.6) is 0 Å². The van der Waals surface area contributed by atoms with Crippen LogP contribution in [0.15, 0.2) is 40.4 Å². The van der Waals surface area contributed by atoms with Gasteiger partial charge in [-0.05, 0) is 49.6 Å². The zero-order valence-corrected chi connectivity index (χ0v) is 19.6. The zero-order valence-electron chi connectivity index (χ0n) is 18.9. The van der Waals surface area contributed by atoms with Gasteiger partial charge >= 0.3 is 5.97 Å². The molecule has 1 aliphatic rings. The van der Waals surface area contributed by atoms with Gasteiger partial charge in [0.05, 0.1) is 24.8 Å². The molecule has 2 aromatic rings. The number of rotatable bonds is 10. The van der Waals surface area contributed by atoms with E-state index in [0.29, 0.717) is 16.7 Å². The van der Waals surface area contributed by atoms with Crippen molar-refractivity contribution < 1.29 is 24.0 Å². The quantitative estimate of drug-likeness (QED) is 0.476. The number of nitrogens with zero attached hydrogens (tertiary/aromatic N) is 2. The molecule has 178 valence electrons. The van der Waals surface area contributed by atoms with Crippen LogP contribution in [0.1, 0.15) is 45.9 Å². The molecule has 3 rings (SSSR count). The van der Waals surface area contributed by atoms with Crippen LogP contribution in [0.4, 0.5) is 0 Å². The van der Waals surface area contributed by atoms with E-state index in [1.165, 1.54) is 6.92 Å². The van der Waals surface area contributed by atoms with Crippen molar-refractivity contribution in [1.82, 2.24) is 20.8 Å². The Kier molecular flexibility index (Phi) is 8.60. The molecule has 0 saturated heterocycles. The predicted molar refractivity (Wildman–Crippen MR) is 123 cm³/mol. The minimum absolute atomic E-state index is 0.0459. The summed E-state index contributed by atoms with van der Waals surface area (Å²) in [6.07, 6.45) is 2.76. The van der Waals surface area contributed by atoms with Gasteiger partial charge in [-0.25, -0.2) is 4.79 Å². The highest BCUT2D eigenvalue weighted by Gasteiger charge is 2.37. The Bertz CT molecular complexity index is 987. The molecule has 0 fully saturated rings. The van der Waals surface area contributed by atoms with Crippen LogP contribution < -0.4 is 10.6 Å². The molecule has 0 bridgehead atoms.